The van der Waals surface area contributed by atoms with Crippen LogP contribution in [-0.2, 0) is 0 Å². The summed E-state index contributed by atoms with van der Waals surface area (Å²) in [6, 6.07) is 8.90. The topological polar surface area (TPSA) is 41.2 Å². The fraction of sp³-hybridized carbons (Fsp3) is 0. The number of nitrogens with zero attached hydrogens (tertiary/aromatic N) is 2. The summed E-state index contributed by atoms with van der Waals surface area (Å²) >= 11 is 12.0. The number of hydrogen-bond acceptors (Lipinski definition) is 2. The quantitative estimate of drug-likeness (QED) is 0.622. The molecule has 0 spiro atoms. The molecular formula is C12H7Cl2N3. The largest absolute Gasteiger partial charge is 0.286 e. The minimum atomic E-state index is 0.329. The van der Waals surface area contributed by atoms with E-state index in [1.807, 2.05) is 18.2 Å². The molecule has 0 aliphatic heterocycles. The molecule has 0 atom stereocenters. The Labute approximate surface area is 107 Å². The first kappa shape index (κ1) is 10.6. The minimum Gasteiger partial charge on any atom is -0.286 e. The van der Waals surface area contributed by atoms with Crippen LogP contribution in [0.25, 0.3) is 16.6 Å². The van der Waals surface area contributed by atoms with E-state index >= 15 is 0 Å². The Bertz CT molecular complexity index is 793. The number of fused-ring (bicyclic) bond motifs is 2. The maximum absolute atomic E-state index is 8.13. The van der Waals surface area contributed by atoms with Gasteiger partial charge >= 0.3 is 0 Å². The molecule has 2 aromatic heterocycles. The molecule has 3 aromatic rings. The van der Waals surface area contributed by atoms with E-state index < -0.39 is 0 Å². The normalized spacial score (nSPS) is 11.2. The molecule has 0 unspecified atom stereocenters. The van der Waals surface area contributed by atoms with Gasteiger partial charge in [-0.05, 0) is 24.3 Å². The van der Waals surface area contributed by atoms with Crippen molar-refractivity contribution >= 4 is 39.8 Å². The Kier molecular flexibility index (Phi) is 2.31. The number of aromatic nitrogens is 2. The molecule has 0 fully saturated rings. The molecule has 0 radical (unpaired) electrons. The number of nitrogens with one attached hydrogen (secondary N) is 1. The molecule has 0 saturated carbocycles. The van der Waals surface area contributed by atoms with E-state index in [1.54, 1.807) is 22.7 Å². The molecular weight excluding hydrogens is 257 g/mol. The Morgan fingerprint density at radius 3 is 2.82 bits per heavy atom. The van der Waals surface area contributed by atoms with Gasteiger partial charge in [0.2, 0.25) is 0 Å². The Morgan fingerprint density at radius 2 is 2.00 bits per heavy atom. The van der Waals surface area contributed by atoms with Gasteiger partial charge < -0.3 is 0 Å². The van der Waals surface area contributed by atoms with Crippen LogP contribution in [0, 0.1) is 5.41 Å². The third-order valence-corrected chi connectivity index (χ3v) is 3.10. The van der Waals surface area contributed by atoms with Crippen molar-refractivity contribution < 1.29 is 0 Å². The highest BCUT2D eigenvalue weighted by Gasteiger charge is 2.07. The van der Waals surface area contributed by atoms with Crippen LogP contribution in [0.2, 0.25) is 10.0 Å². The maximum atomic E-state index is 8.13. The second kappa shape index (κ2) is 3.72. The van der Waals surface area contributed by atoms with Crippen molar-refractivity contribution in [1.82, 2.24) is 9.38 Å². The van der Waals surface area contributed by atoms with E-state index in [1.165, 1.54) is 0 Å². The van der Waals surface area contributed by atoms with Crippen molar-refractivity contribution in [2.45, 2.75) is 0 Å². The third-order valence-electron chi connectivity index (χ3n) is 2.59. The van der Waals surface area contributed by atoms with Gasteiger partial charge in [0, 0.05) is 16.6 Å². The molecule has 0 aliphatic rings. The molecule has 5 heteroatoms. The van der Waals surface area contributed by atoms with Gasteiger partial charge in [-0.2, -0.15) is 0 Å². The zero-order valence-corrected chi connectivity index (χ0v) is 10.1. The molecule has 1 N–H and O–H groups in total. The van der Waals surface area contributed by atoms with Crippen LogP contribution >= 0.6 is 23.2 Å². The second-order valence-electron chi connectivity index (χ2n) is 3.67. The summed E-state index contributed by atoms with van der Waals surface area (Å²) < 4.78 is 1.69. The number of pyridine rings is 1. The van der Waals surface area contributed by atoms with Gasteiger partial charge in [-0.15, -0.1) is 0 Å². The molecule has 3 nitrogen and oxygen atoms in total. The van der Waals surface area contributed by atoms with Crippen LogP contribution < -0.4 is 5.49 Å². The number of rotatable bonds is 0. The first-order valence-corrected chi connectivity index (χ1v) is 5.73. The monoisotopic (exact) mass is 263 g/mol. The highest BCUT2D eigenvalue weighted by atomic mass is 35.5. The predicted octanol–water partition coefficient (Wildman–Crippen LogP) is 3.27. The Morgan fingerprint density at radius 1 is 1.18 bits per heavy atom. The van der Waals surface area contributed by atoms with Crippen molar-refractivity contribution in [3.8, 4) is 0 Å². The summed E-state index contributed by atoms with van der Waals surface area (Å²) in [5.41, 5.74) is 1.62. The van der Waals surface area contributed by atoms with E-state index in [-0.39, 0.29) is 0 Å². The van der Waals surface area contributed by atoms with Gasteiger partial charge in [0.05, 0.1) is 10.5 Å². The maximum Gasteiger partial charge on any atom is 0.140 e. The van der Waals surface area contributed by atoms with E-state index in [4.69, 9.17) is 28.6 Å². The van der Waals surface area contributed by atoms with E-state index in [0.29, 0.717) is 32.1 Å². The van der Waals surface area contributed by atoms with Gasteiger partial charge in [0.25, 0.3) is 0 Å². The average Bonchev–Trinajstić information content (AvgIpc) is 2.31. The number of halogens is 2. The smallest absolute Gasteiger partial charge is 0.140 e. The summed E-state index contributed by atoms with van der Waals surface area (Å²) in [6.45, 7) is 0. The molecule has 84 valence electrons. The summed E-state index contributed by atoms with van der Waals surface area (Å²) in [4.78, 5) is 4.43. The zero-order chi connectivity index (χ0) is 12.0. The van der Waals surface area contributed by atoms with Crippen molar-refractivity contribution in [2.24, 2.45) is 0 Å². The first-order valence-electron chi connectivity index (χ1n) is 4.97. The first-order chi connectivity index (χ1) is 8.16. The summed E-state index contributed by atoms with van der Waals surface area (Å²) in [6.07, 6.45) is 1.79. The van der Waals surface area contributed by atoms with Crippen LogP contribution in [0.4, 0.5) is 0 Å². The molecule has 1 aromatic carbocycles. The lowest BCUT2D eigenvalue weighted by Crippen LogP contribution is -2.15. The predicted molar refractivity (Wildman–Crippen MR) is 68.6 cm³/mol. The number of hydrogen-bond donors (Lipinski definition) is 1. The fourth-order valence-corrected chi connectivity index (χ4v) is 2.35. The lowest BCUT2D eigenvalue weighted by Gasteiger charge is -2.06. The van der Waals surface area contributed by atoms with Crippen LogP contribution in [0.3, 0.4) is 0 Å². The summed E-state index contributed by atoms with van der Waals surface area (Å²) in [5, 5.41) is 9.75. The van der Waals surface area contributed by atoms with Gasteiger partial charge in [0.1, 0.15) is 11.1 Å². The minimum absolute atomic E-state index is 0.329. The van der Waals surface area contributed by atoms with Crippen LogP contribution in [-0.4, -0.2) is 9.38 Å². The standard InChI is InChI=1S/C12H7Cl2N3/c13-7-5-8-11(9(14)6-7)16-10-3-1-2-4-17(10)12(8)15/h1-6,15H. The van der Waals surface area contributed by atoms with E-state index in [0.717, 1.165) is 0 Å². The molecule has 0 amide bonds. The van der Waals surface area contributed by atoms with Gasteiger partial charge in [-0.25, -0.2) is 4.98 Å². The number of benzene rings is 1. The highest BCUT2D eigenvalue weighted by molar-refractivity contribution is 6.38. The SMILES string of the molecule is N=c1c2cc(Cl)cc(Cl)c2nc2ccccn12. The van der Waals surface area contributed by atoms with Crippen LogP contribution in [0.15, 0.2) is 36.5 Å². The van der Waals surface area contributed by atoms with Crippen LogP contribution in [0.1, 0.15) is 0 Å². The van der Waals surface area contributed by atoms with Crippen molar-refractivity contribution in [1.29, 1.82) is 5.41 Å². The Hall–Kier alpha value is -1.58. The lowest BCUT2D eigenvalue weighted by molar-refractivity contribution is 1.00. The average molecular weight is 264 g/mol. The molecule has 3 rings (SSSR count). The Balaban J connectivity index is 2.64. The van der Waals surface area contributed by atoms with Crippen molar-refractivity contribution in [3.05, 3.63) is 52.1 Å². The van der Waals surface area contributed by atoms with Gasteiger partial charge in [0.15, 0.2) is 0 Å². The summed E-state index contributed by atoms with van der Waals surface area (Å²) in [5.74, 6) is 0. The third kappa shape index (κ3) is 1.59. The van der Waals surface area contributed by atoms with Crippen molar-refractivity contribution in [3.63, 3.8) is 0 Å². The van der Waals surface area contributed by atoms with Gasteiger partial charge in [-0.3, -0.25) is 9.81 Å². The molecule has 17 heavy (non-hydrogen) atoms. The molecule has 2 heterocycles. The van der Waals surface area contributed by atoms with E-state index in [9.17, 15) is 0 Å². The van der Waals surface area contributed by atoms with Crippen LogP contribution in [0.5, 0.6) is 0 Å². The summed E-state index contributed by atoms with van der Waals surface area (Å²) in [7, 11) is 0. The van der Waals surface area contributed by atoms with Crippen molar-refractivity contribution in [2.75, 3.05) is 0 Å². The highest BCUT2D eigenvalue weighted by Crippen LogP contribution is 2.24. The zero-order valence-electron chi connectivity index (χ0n) is 8.61. The lowest BCUT2D eigenvalue weighted by atomic mass is 10.2. The molecule has 0 bridgehead atoms. The molecule has 0 aliphatic carbocycles. The second-order valence-corrected chi connectivity index (χ2v) is 4.52. The van der Waals surface area contributed by atoms with Gasteiger partial charge in [-0.1, -0.05) is 29.3 Å². The fourth-order valence-electron chi connectivity index (χ4n) is 1.82. The molecule has 0 saturated heterocycles. The van der Waals surface area contributed by atoms with E-state index in [2.05, 4.69) is 4.98 Å².